The average Bonchev–Trinajstić information content (AvgIpc) is 2.42. The zero-order valence-corrected chi connectivity index (χ0v) is 12.4. The third kappa shape index (κ3) is 3.30. The summed E-state index contributed by atoms with van der Waals surface area (Å²) in [6.45, 7) is 1.77. The maximum absolute atomic E-state index is 12.3. The minimum absolute atomic E-state index is 0.00668. The van der Waals surface area contributed by atoms with Crippen LogP contribution in [-0.4, -0.2) is 8.42 Å². The van der Waals surface area contributed by atoms with Crippen LogP contribution in [0.15, 0.2) is 53.4 Å². The summed E-state index contributed by atoms with van der Waals surface area (Å²) in [5.74, 6) is 0. The SMILES string of the molecule is CC(NS(=O)(=O)c1cc(Cl)ccc1N)c1ccccc1. The molecule has 0 heterocycles. The second-order valence-electron chi connectivity index (χ2n) is 4.44. The number of benzene rings is 2. The monoisotopic (exact) mass is 310 g/mol. The molecule has 6 heteroatoms. The number of nitrogens with one attached hydrogen (secondary N) is 1. The summed E-state index contributed by atoms with van der Waals surface area (Å²) in [5, 5.41) is 0.326. The van der Waals surface area contributed by atoms with Crippen LogP contribution in [0.5, 0.6) is 0 Å². The highest BCUT2D eigenvalue weighted by Crippen LogP contribution is 2.24. The van der Waals surface area contributed by atoms with Crippen LogP contribution in [0.25, 0.3) is 0 Å². The lowest BCUT2D eigenvalue weighted by Crippen LogP contribution is -2.27. The summed E-state index contributed by atoms with van der Waals surface area (Å²) in [5.41, 5.74) is 6.75. The maximum Gasteiger partial charge on any atom is 0.243 e. The van der Waals surface area contributed by atoms with Crippen molar-refractivity contribution in [3.8, 4) is 0 Å². The lowest BCUT2D eigenvalue weighted by molar-refractivity contribution is 0.567. The van der Waals surface area contributed by atoms with Crippen LogP contribution < -0.4 is 10.5 Å². The zero-order chi connectivity index (χ0) is 14.8. The molecule has 4 nitrogen and oxygen atoms in total. The van der Waals surface area contributed by atoms with Crippen molar-refractivity contribution >= 4 is 27.3 Å². The largest absolute Gasteiger partial charge is 0.398 e. The topological polar surface area (TPSA) is 72.2 Å². The van der Waals surface area contributed by atoms with E-state index in [1.54, 1.807) is 13.0 Å². The Morgan fingerprint density at radius 2 is 1.80 bits per heavy atom. The maximum atomic E-state index is 12.3. The Labute approximate surface area is 123 Å². The number of rotatable bonds is 4. The number of sulfonamides is 1. The van der Waals surface area contributed by atoms with Gasteiger partial charge in [0.15, 0.2) is 0 Å². The summed E-state index contributed by atoms with van der Waals surface area (Å²) in [6.07, 6.45) is 0. The van der Waals surface area contributed by atoms with Gasteiger partial charge in [-0.1, -0.05) is 41.9 Å². The molecule has 0 saturated heterocycles. The van der Waals surface area contributed by atoms with E-state index in [2.05, 4.69) is 4.72 Å². The van der Waals surface area contributed by atoms with Crippen LogP contribution in [0.4, 0.5) is 5.69 Å². The first-order chi connectivity index (χ1) is 9.40. The van der Waals surface area contributed by atoms with Gasteiger partial charge in [-0.15, -0.1) is 0 Å². The van der Waals surface area contributed by atoms with Gasteiger partial charge in [-0.3, -0.25) is 0 Å². The normalized spacial score (nSPS) is 13.1. The van der Waals surface area contributed by atoms with Crippen molar-refractivity contribution in [3.05, 3.63) is 59.1 Å². The molecule has 0 amide bonds. The molecule has 0 aliphatic carbocycles. The minimum Gasteiger partial charge on any atom is -0.398 e. The lowest BCUT2D eigenvalue weighted by Gasteiger charge is -2.15. The summed E-state index contributed by atoms with van der Waals surface area (Å²) in [6, 6.07) is 13.3. The Bertz CT molecular complexity index is 702. The summed E-state index contributed by atoms with van der Waals surface area (Å²) >= 11 is 5.83. The minimum atomic E-state index is -3.72. The van der Waals surface area contributed by atoms with E-state index in [-0.39, 0.29) is 16.6 Å². The van der Waals surface area contributed by atoms with Crippen LogP contribution in [0.3, 0.4) is 0 Å². The molecule has 0 aromatic heterocycles. The van der Waals surface area contributed by atoms with Crippen molar-refractivity contribution < 1.29 is 8.42 Å². The average molecular weight is 311 g/mol. The second-order valence-corrected chi connectivity index (χ2v) is 6.55. The van der Waals surface area contributed by atoms with Gasteiger partial charge in [0.1, 0.15) is 4.90 Å². The number of hydrogen-bond acceptors (Lipinski definition) is 3. The molecule has 0 spiro atoms. The summed E-state index contributed by atoms with van der Waals surface area (Å²) in [4.78, 5) is -0.00668. The quantitative estimate of drug-likeness (QED) is 0.853. The summed E-state index contributed by atoms with van der Waals surface area (Å²) in [7, 11) is -3.72. The molecule has 106 valence electrons. The fourth-order valence-corrected chi connectivity index (χ4v) is 3.47. The van der Waals surface area contributed by atoms with Crippen LogP contribution >= 0.6 is 11.6 Å². The molecule has 2 aromatic rings. The number of anilines is 1. The Balaban J connectivity index is 2.30. The second kappa shape index (κ2) is 5.83. The van der Waals surface area contributed by atoms with Crippen LogP contribution in [0, 0.1) is 0 Å². The van der Waals surface area contributed by atoms with Crippen molar-refractivity contribution in [1.82, 2.24) is 4.72 Å². The number of halogens is 1. The number of nitrogen functional groups attached to an aromatic ring is 1. The number of nitrogens with two attached hydrogens (primary N) is 1. The predicted octanol–water partition coefficient (Wildman–Crippen LogP) is 2.96. The lowest BCUT2D eigenvalue weighted by atomic mass is 10.1. The van der Waals surface area contributed by atoms with Gasteiger partial charge < -0.3 is 5.73 Å². The molecule has 0 aliphatic heterocycles. The third-order valence-electron chi connectivity index (χ3n) is 2.90. The molecule has 0 saturated carbocycles. The standard InChI is InChI=1S/C14H15ClN2O2S/c1-10(11-5-3-2-4-6-11)17-20(18,19)14-9-12(15)7-8-13(14)16/h2-10,17H,16H2,1H3. The van der Waals surface area contributed by atoms with Gasteiger partial charge in [-0.2, -0.15) is 0 Å². The molecule has 1 unspecified atom stereocenters. The molecule has 2 rings (SSSR count). The van der Waals surface area contributed by atoms with Gasteiger partial charge in [0.2, 0.25) is 10.0 Å². The first-order valence-electron chi connectivity index (χ1n) is 6.02. The third-order valence-corrected chi connectivity index (χ3v) is 4.73. The molecule has 1 atom stereocenters. The fourth-order valence-electron chi connectivity index (χ4n) is 1.85. The highest BCUT2D eigenvalue weighted by Gasteiger charge is 2.21. The Kier molecular flexibility index (Phi) is 4.32. The molecule has 20 heavy (non-hydrogen) atoms. The van der Waals surface area contributed by atoms with E-state index in [9.17, 15) is 8.42 Å². The fraction of sp³-hybridized carbons (Fsp3) is 0.143. The van der Waals surface area contributed by atoms with Crippen molar-refractivity contribution in [2.24, 2.45) is 0 Å². The number of hydrogen-bond donors (Lipinski definition) is 2. The van der Waals surface area contributed by atoms with Gasteiger partial charge in [0.05, 0.1) is 5.69 Å². The van der Waals surface area contributed by atoms with Crippen molar-refractivity contribution in [2.45, 2.75) is 17.9 Å². The Morgan fingerprint density at radius 3 is 2.45 bits per heavy atom. The Morgan fingerprint density at radius 1 is 1.15 bits per heavy atom. The van der Waals surface area contributed by atoms with E-state index in [1.807, 2.05) is 30.3 Å². The summed E-state index contributed by atoms with van der Waals surface area (Å²) < 4.78 is 27.3. The van der Waals surface area contributed by atoms with Gasteiger partial charge in [0.25, 0.3) is 0 Å². The molecule has 0 radical (unpaired) electrons. The highest BCUT2D eigenvalue weighted by atomic mass is 35.5. The van der Waals surface area contributed by atoms with E-state index in [0.717, 1.165) is 5.56 Å². The molecular weight excluding hydrogens is 296 g/mol. The molecule has 0 fully saturated rings. The van der Waals surface area contributed by atoms with Gasteiger partial charge in [-0.05, 0) is 30.7 Å². The molecule has 2 aromatic carbocycles. The van der Waals surface area contributed by atoms with Crippen molar-refractivity contribution in [1.29, 1.82) is 0 Å². The van der Waals surface area contributed by atoms with Crippen LogP contribution in [0.1, 0.15) is 18.5 Å². The Hall–Kier alpha value is -1.56. The van der Waals surface area contributed by atoms with Gasteiger partial charge in [-0.25, -0.2) is 13.1 Å². The molecule has 3 N–H and O–H groups in total. The van der Waals surface area contributed by atoms with Crippen molar-refractivity contribution in [2.75, 3.05) is 5.73 Å². The first kappa shape index (κ1) is 14.8. The van der Waals surface area contributed by atoms with Crippen LogP contribution in [0.2, 0.25) is 5.02 Å². The predicted molar refractivity (Wildman–Crippen MR) is 81.0 cm³/mol. The molecule has 0 aliphatic rings. The van der Waals surface area contributed by atoms with E-state index < -0.39 is 10.0 Å². The zero-order valence-electron chi connectivity index (χ0n) is 10.9. The molecular formula is C14H15ClN2O2S. The van der Waals surface area contributed by atoms with E-state index in [0.29, 0.717) is 5.02 Å². The highest BCUT2D eigenvalue weighted by molar-refractivity contribution is 7.89. The van der Waals surface area contributed by atoms with E-state index in [4.69, 9.17) is 17.3 Å². The van der Waals surface area contributed by atoms with E-state index in [1.165, 1.54) is 12.1 Å². The van der Waals surface area contributed by atoms with Gasteiger partial charge in [0, 0.05) is 11.1 Å². The van der Waals surface area contributed by atoms with Gasteiger partial charge >= 0.3 is 0 Å². The van der Waals surface area contributed by atoms with Crippen molar-refractivity contribution in [3.63, 3.8) is 0 Å². The smallest absolute Gasteiger partial charge is 0.243 e. The molecule has 0 bridgehead atoms. The van der Waals surface area contributed by atoms with E-state index >= 15 is 0 Å². The first-order valence-corrected chi connectivity index (χ1v) is 7.88. The van der Waals surface area contributed by atoms with Crippen LogP contribution in [-0.2, 0) is 10.0 Å².